The molecule has 0 saturated carbocycles. The molecule has 1 aromatic rings. The van der Waals surface area contributed by atoms with Crippen LogP contribution in [0.5, 0.6) is 0 Å². The molecule has 21 heavy (non-hydrogen) atoms. The lowest BCUT2D eigenvalue weighted by molar-refractivity contribution is -0.155. The Morgan fingerprint density at radius 1 is 1.38 bits per heavy atom. The molecule has 116 valence electrons. The third-order valence-corrected chi connectivity index (χ3v) is 3.68. The number of carbonyl (C=O) groups excluding carboxylic acids is 1. The van der Waals surface area contributed by atoms with Crippen molar-refractivity contribution in [1.29, 1.82) is 0 Å². The fraction of sp³-hybridized carbons (Fsp3) is 0.500. The highest BCUT2D eigenvalue weighted by Crippen LogP contribution is 2.33. The first-order valence-corrected chi connectivity index (χ1v) is 6.90. The van der Waals surface area contributed by atoms with Gasteiger partial charge in [-0.25, -0.2) is 0 Å². The monoisotopic (exact) mass is 321 g/mol. The largest absolute Gasteiger partial charge is 0.465 e. The number of ether oxygens (including phenoxy) is 1. The summed E-state index contributed by atoms with van der Waals surface area (Å²) in [5.41, 5.74) is 0.200. The van der Waals surface area contributed by atoms with Gasteiger partial charge in [-0.3, -0.25) is 10.1 Å². The van der Waals surface area contributed by atoms with Crippen LogP contribution in [-0.2, 0) is 22.4 Å². The van der Waals surface area contributed by atoms with Crippen LogP contribution in [0.25, 0.3) is 0 Å². The van der Waals surface area contributed by atoms with Gasteiger partial charge in [-0.05, 0) is 30.2 Å². The van der Waals surface area contributed by atoms with Gasteiger partial charge < -0.3 is 4.74 Å². The van der Waals surface area contributed by atoms with Crippen LogP contribution in [0.4, 0.5) is 13.2 Å². The summed E-state index contributed by atoms with van der Waals surface area (Å²) >= 11 is 5.89. The molecule has 1 aromatic carbocycles. The molecule has 0 heterocycles. The Morgan fingerprint density at radius 3 is 2.67 bits per heavy atom. The van der Waals surface area contributed by atoms with Gasteiger partial charge in [0.25, 0.3) is 0 Å². The lowest BCUT2D eigenvalue weighted by atomic mass is 9.95. The second-order valence-electron chi connectivity index (χ2n) is 5.04. The van der Waals surface area contributed by atoms with Gasteiger partial charge in [-0.1, -0.05) is 17.7 Å². The van der Waals surface area contributed by atoms with Crippen molar-refractivity contribution in [2.75, 3.05) is 13.2 Å². The van der Waals surface area contributed by atoms with Gasteiger partial charge in [0, 0.05) is 17.9 Å². The average molecular weight is 322 g/mol. The third-order valence-electron chi connectivity index (χ3n) is 3.45. The second-order valence-corrected chi connectivity index (χ2v) is 5.47. The van der Waals surface area contributed by atoms with Crippen molar-refractivity contribution in [2.45, 2.75) is 31.5 Å². The Labute approximate surface area is 125 Å². The molecule has 0 radical (unpaired) electrons. The number of esters is 1. The Bertz CT molecular complexity index is 548. The van der Waals surface area contributed by atoms with Crippen molar-refractivity contribution in [1.82, 2.24) is 5.32 Å². The predicted octanol–water partition coefficient (Wildman–Crippen LogP) is 2.89. The second kappa shape index (κ2) is 5.85. The number of carbonyl (C=O) groups is 1. The van der Waals surface area contributed by atoms with Crippen LogP contribution in [0.15, 0.2) is 18.2 Å². The van der Waals surface area contributed by atoms with Crippen molar-refractivity contribution in [2.24, 2.45) is 0 Å². The zero-order chi connectivity index (χ0) is 15.7. The minimum absolute atomic E-state index is 0.116. The van der Waals surface area contributed by atoms with E-state index in [1.165, 1.54) is 0 Å². The number of benzene rings is 1. The van der Waals surface area contributed by atoms with E-state index in [1.54, 1.807) is 25.1 Å². The smallest absolute Gasteiger partial charge is 0.401 e. The molecule has 7 heteroatoms. The number of nitrogens with one attached hydrogen (secondary N) is 1. The van der Waals surface area contributed by atoms with Gasteiger partial charge in [-0.15, -0.1) is 0 Å². The molecule has 0 bridgehead atoms. The molecule has 0 saturated heterocycles. The summed E-state index contributed by atoms with van der Waals surface area (Å²) in [5.74, 6) is -0.665. The SMILES string of the molecule is CCOC(=O)C1(NCC(F)(F)F)Cc2ccc(Cl)cc2C1. The molecule has 1 aliphatic rings. The zero-order valence-corrected chi connectivity index (χ0v) is 12.1. The van der Waals surface area contributed by atoms with Crippen molar-refractivity contribution in [3.63, 3.8) is 0 Å². The molecule has 0 aromatic heterocycles. The van der Waals surface area contributed by atoms with Crippen LogP contribution in [0, 0.1) is 0 Å². The molecule has 0 aliphatic heterocycles. The van der Waals surface area contributed by atoms with Gasteiger partial charge in [0.2, 0.25) is 0 Å². The zero-order valence-electron chi connectivity index (χ0n) is 11.4. The standard InChI is InChI=1S/C14H15ClF3NO2/c1-2-21-12(20)13(19-8-14(16,17)18)6-9-3-4-11(15)5-10(9)7-13/h3-5,19H,2,6-8H2,1H3. The number of halogens is 4. The molecule has 1 N–H and O–H groups in total. The summed E-state index contributed by atoms with van der Waals surface area (Å²) in [6.07, 6.45) is -4.10. The Hall–Kier alpha value is -1.27. The van der Waals surface area contributed by atoms with Crippen LogP contribution >= 0.6 is 11.6 Å². The van der Waals surface area contributed by atoms with E-state index >= 15 is 0 Å². The van der Waals surface area contributed by atoms with Gasteiger partial charge in [0.15, 0.2) is 0 Å². The summed E-state index contributed by atoms with van der Waals surface area (Å²) in [6, 6.07) is 5.06. The van der Waals surface area contributed by atoms with Crippen LogP contribution < -0.4 is 5.32 Å². The van der Waals surface area contributed by atoms with E-state index in [4.69, 9.17) is 16.3 Å². The van der Waals surface area contributed by atoms with Gasteiger partial charge >= 0.3 is 12.1 Å². The first kappa shape index (κ1) is 16.1. The molecule has 0 amide bonds. The van der Waals surface area contributed by atoms with Gasteiger partial charge in [-0.2, -0.15) is 13.2 Å². The lowest BCUT2D eigenvalue weighted by Gasteiger charge is -2.28. The van der Waals surface area contributed by atoms with Crippen LogP contribution in [0.3, 0.4) is 0 Å². The number of hydrogen-bond acceptors (Lipinski definition) is 3. The quantitative estimate of drug-likeness (QED) is 0.867. The van der Waals surface area contributed by atoms with Crippen LogP contribution in [0.2, 0.25) is 5.02 Å². The highest BCUT2D eigenvalue weighted by Gasteiger charge is 2.47. The Balaban J connectivity index is 2.25. The fourth-order valence-corrected chi connectivity index (χ4v) is 2.72. The maximum Gasteiger partial charge on any atom is 0.401 e. The Morgan fingerprint density at radius 2 is 2.05 bits per heavy atom. The molecule has 0 spiro atoms. The molecule has 1 aliphatic carbocycles. The van der Waals surface area contributed by atoms with E-state index in [-0.39, 0.29) is 19.4 Å². The number of rotatable bonds is 4. The van der Waals surface area contributed by atoms with Crippen molar-refractivity contribution in [3.05, 3.63) is 34.3 Å². The van der Waals surface area contributed by atoms with E-state index in [0.717, 1.165) is 11.1 Å². The van der Waals surface area contributed by atoms with Crippen molar-refractivity contribution in [3.8, 4) is 0 Å². The summed E-state index contributed by atoms with van der Waals surface area (Å²) in [5, 5.41) is 2.83. The average Bonchev–Trinajstić information content (AvgIpc) is 2.75. The van der Waals surface area contributed by atoms with Gasteiger partial charge in [0.1, 0.15) is 5.54 Å². The lowest BCUT2D eigenvalue weighted by Crippen LogP contribution is -2.56. The van der Waals surface area contributed by atoms with Crippen molar-refractivity contribution >= 4 is 17.6 Å². The Kier molecular flexibility index (Phi) is 4.49. The van der Waals surface area contributed by atoms with Crippen LogP contribution in [-0.4, -0.2) is 30.8 Å². The fourth-order valence-electron chi connectivity index (χ4n) is 2.52. The van der Waals surface area contributed by atoms with Gasteiger partial charge in [0.05, 0.1) is 13.2 Å². The molecule has 1 atom stereocenters. The van der Waals surface area contributed by atoms with E-state index in [9.17, 15) is 18.0 Å². The highest BCUT2D eigenvalue weighted by atomic mass is 35.5. The summed E-state index contributed by atoms with van der Waals surface area (Å²) in [4.78, 5) is 12.2. The molecular weight excluding hydrogens is 307 g/mol. The summed E-state index contributed by atoms with van der Waals surface area (Å²) in [6.45, 7) is 0.493. The molecular formula is C14H15ClF3NO2. The van der Waals surface area contributed by atoms with E-state index in [1.807, 2.05) is 0 Å². The first-order chi connectivity index (χ1) is 9.76. The summed E-state index contributed by atoms with van der Waals surface area (Å²) < 4.78 is 42.4. The summed E-state index contributed by atoms with van der Waals surface area (Å²) in [7, 11) is 0. The number of hydrogen-bond donors (Lipinski definition) is 1. The maximum absolute atomic E-state index is 12.5. The van der Waals surface area contributed by atoms with Crippen LogP contribution in [0.1, 0.15) is 18.1 Å². The normalized spacial score (nSPS) is 21.2. The number of alkyl halides is 3. The van der Waals surface area contributed by atoms with E-state index in [0.29, 0.717) is 5.02 Å². The minimum Gasteiger partial charge on any atom is -0.465 e. The van der Waals surface area contributed by atoms with E-state index < -0.39 is 24.2 Å². The maximum atomic E-state index is 12.5. The minimum atomic E-state index is -4.40. The highest BCUT2D eigenvalue weighted by molar-refractivity contribution is 6.30. The molecule has 1 unspecified atom stereocenters. The third kappa shape index (κ3) is 3.68. The molecule has 2 rings (SSSR count). The molecule has 0 fully saturated rings. The van der Waals surface area contributed by atoms with E-state index in [2.05, 4.69) is 5.32 Å². The number of fused-ring (bicyclic) bond motifs is 1. The topological polar surface area (TPSA) is 38.3 Å². The predicted molar refractivity (Wildman–Crippen MR) is 72.3 cm³/mol. The molecule has 3 nitrogen and oxygen atoms in total. The van der Waals surface area contributed by atoms with Crippen molar-refractivity contribution < 1.29 is 22.7 Å². The first-order valence-electron chi connectivity index (χ1n) is 6.52.